The van der Waals surface area contributed by atoms with Gasteiger partial charge in [-0.1, -0.05) is 31.1 Å². The fourth-order valence-corrected chi connectivity index (χ4v) is 3.90. The van der Waals surface area contributed by atoms with Gasteiger partial charge in [0.25, 0.3) is 0 Å². The van der Waals surface area contributed by atoms with Gasteiger partial charge in [-0.15, -0.1) is 0 Å². The third kappa shape index (κ3) is 6.95. The van der Waals surface area contributed by atoms with Crippen LogP contribution in [0.4, 0.5) is 0 Å². The molecule has 1 fully saturated rings. The second-order valence-electron chi connectivity index (χ2n) is 8.49. The molecule has 1 aromatic carbocycles. The summed E-state index contributed by atoms with van der Waals surface area (Å²) < 4.78 is 10.8. The molecule has 0 spiro atoms. The Morgan fingerprint density at radius 3 is 2.75 bits per heavy atom. The summed E-state index contributed by atoms with van der Waals surface area (Å²) in [5.41, 5.74) is 1.25. The number of guanidine groups is 1. The summed E-state index contributed by atoms with van der Waals surface area (Å²) in [5, 5.41) is 10.8. The first-order valence-electron chi connectivity index (χ1n) is 11.8. The number of aryl methyl sites for hydroxylation is 1. The molecule has 8 heteroatoms. The number of aromatic nitrogens is 2. The number of hydrogen-bond donors (Lipinski definition) is 2. The highest BCUT2D eigenvalue weighted by Crippen LogP contribution is 2.27. The average Bonchev–Trinajstić information content (AvgIpc) is 3.49. The van der Waals surface area contributed by atoms with Gasteiger partial charge in [0.2, 0.25) is 5.89 Å². The lowest BCUT2D eigenvalue weighted by Crippen LogP contribution is -2.39. The zero-order chi connectivity index (χ0) is 22.8. The summed E-state index contributed by atoms with van der Waals surface area (Å²) in [5.74, 6) is 3.49. The topological polar surface area (TPSA) is 87.8 Å². The molecule has 8 nitrogen and oxygen atoms in total. The Bertz CT molecular complexity index is 845. The van der Waals surface area contributed by atoms with Crippen LogP contribution in [0.2, 0.25) is 0 Å². The number of methoxy groups -OCH3 is 1. The smallest absolute Gasteiger partial charge is 0.226 e. The second-order valence-corrected chi connectivity index (χ2v) is 8.49. The van der Waals surface area contributed by atoms with Crippen LogP contribution in [0.25, 0.3) is 0 Å². The molecule has 1 atom stereocenters. The van der Waals surface area contributed by atoms with Gasteiger partial charge < -0.3 is 19.9 Å². The van der Waals surface area contributed by atoms with Crippen molar-refractivity contribution < 1.29 is 9.26 Å². The summed E-state index contributed by atoms with van der Waals surface area (Å²) in [4.78, 5) is 11.9. The number of nitrogens with one attached hydrogen (secondary N) is 2. The molecule has 2 heterocycles. The molecular formula is C24H38N6O2. The first-order chi connectivity index (χ1) is 15.6. The van der Waals surface area contributed by atoms with Gasteiger partial charge in [-0.05, 0) is 57.0 Å². The van der Waals surface area contributed by atoms with Crippen molar-refractivity contribution in [3.8, 4) is 5.75 Å². The van der Waals surface area contributed by atoms with Crippen LogP contribution in [0.3, 0.4) is 0 Å². The lowest BCUT2D eigenvalue weighted by Gasteiger charge is -2.27. The third-order valence-electron chi connectivity index (χ3n) is 5.69. The van der Waals surface area contributed by atoms with E-state index in [4.69, 9.17) is 14.3 Å². The van der Waals surface area contributed by atoms with Gasteiger partial charge in [0, 0.05) is 25.4 Å². The van der Waals surface area contributed by atoms with Crippen molar-refractivity contribution in [1.82, 2.24) is 25.7 Å². The molecule has 1 aliphatic rings. The highest BCUT2D eigenvalue weighted by atomic mass is 16.5. The number of hydrogen-bond acceptors (Lipinski definition) is 6. The van der Waals surface area contributed by atoms with Crippen LogP contribution < -0.4 is 15.4 Å². The standard InChI is InChI=1S/C24H38N6O2/c1-5-25-24(26-13-9-12-22-28-23(18(2)3)29-32-22)27-17-21(30-14-6-7-15-30)19-10-8-11-20(16-19)31-4/h8,10-11,16,18,21H,5-7,9,12-15,17H2,1-4H3,(H2,25,26,27). The largest absolute Gasteiger partial charge is 0.497 e. The number of rotatable bonds is 11. The highest BCUT2D eigenvalue weighted by molar-refractivity contribution is 5.79. The van der Waals surface area contributed by atoms with Crippen LogP contribution in [0.1, 0.15) is 69.3 Å². The van der Waals surface area contributed by atoms with Gasteiger partial charge in [-0.2, -0.15) is 4.98 Å². The zero-order valence-electron chi connectivity index (χ0n) is 19.9. The van der Waals surface area contributed by atoms with Crippen LogP contribution in [-0.4, -0.2) is 60.8 Å². The number of nitrogens with zero attached hydrogens (tertiary/aromatic N) is 4. The molecule has 1 saturated heterocycles. The molecule has 0 aliphatic carbocycles. The maximum absolute atomic E-state index is 5.45. The van der Waals surface area contributed by atoms with Gasteiger partial charge in [0.15, 0.2) is 11.8 Å². The number of benzene rings is 1. The number of likely N-dealkylation sites (tertiary alicyclic amines) is 1. The van der Waals surface area contributed by atoms with Crippen molar-refractivity contribution in [2.45, 2.75) is 58.4 Å². The quantitative estimate of drug-likeness (QED) is 0.313. The van der Waals surface area contributed by atoms with Crippen LogP contribution in [0.5, 0.6) is 5.75 Å². The minimum absolute atomic E-state index is 0.246. The molecule has 1 aliphatic heterocycles. The first-order valence-corrected chi connectivity index (χ1v) is 11.8. The fraction of sp³-hybridized carbons (Fsp3) is 0.625. The van der Waals surface area contributed by atoms with E-state index < -0.39 is 0 Å². The summed E-state index contributed by atoms with van der Waals surface area (Å²) in [7, 11) is 1.72. The summed E-state index contributed by atoms with van der Waals surface area (Å²) in [6, 6.07) is 8.61. The molecule has 0 bridgehead atoms. The number of ether oxygens (including phenoxy) is 1. The molecule has 1 aromatic heterocycles. The van der Waals surface area contributed by atoms with E-state index in [9.17, 15) is 0 Å². The molecule has 32 heavy (non-hydrogen) atoms. The molecule has 0 amide bonds. The van der Waals surface area contributed by atoms with E-state index in [1.165, 1.54) is 18.4 Å². The summed E-state index contributed by atoms with van der Waals surface area (Å²) in [6.45, 7) is 10.8. The minimum atomic E-state index is 0.246. The Morgan fingerprint density at radius 2 is 2.06 bits per heavy atom. The average molecular weight is 443 g/mol. The minimum Gasteiger partial charge on any atom is -0.497 e. The van der Waals surface area contributed by atoms with Crippen LogP contribution in [0, 0.1) is 0 Å². The predicted molar refractivity (Wildman–Crippen MR) is 127 cm³/mol. The van der Waals surface area contributed by atoms with E-state index in [-0.39, 0.29) is 12.0 Å². The third-order valence-corrected chi connectivity index (χ3v) is 5.69. The van der Waals surface area contributed by atoms with Gasteiger partial charge in [0.05, 0.1) is 19.7 Å². The van der Waals surface area contributed by atoms with Gasteiger partial charge >= 0.3 is 0 Å². The monoisotopic (exact) mass is 442 g/mol. The Balaban J connectivity index is 1.58. The van der Waals surface area contributed by atoms with Gasteiger partial charge in [-0.3, -0.25) is 9.89 Å². The van der Waals surface area contributed by atoms with Crippen molar-refractivity contribution in [1.29, 1.82) is 0 Å². The first kappa shape index (κ1) is 24.0. The molecule has 176 valence electrons. The molecule has 3 rings (SSSR count). The van der Waals surface area contributed by atoms with E-state index in [1.54, 1.807) is 7.11 Å². The van der Waals surface area contributed by atoms with Crippen molar-refractivity contribution in [3.63, 3.8) is 0 Å². The number of aliphatic imine (C=N–C) groups is 1. The normalized spacial score (nSPS) is 15.8. The molecule has 2 N–H and O–H groups in total. The van der Waals surface area contributed by atoms with Crippen LogP contribution in [0.15, 0.2) is 33.8 Å². The van der Waals surface area contributed by atoms with Crippen LogP contribution in [-0.2, 0) is 6.42 Å². The molecule has 0 saturated carbocycles. The Hall–Kier alpha value is -2.61. The molecule has 2 aromatic rings. The Labute approximate surface area is 191 Å². The van der Waals surface area contributed by atoms with Gasteiger partial charge in [-0.25, -0.2) is 0 Å². The molecule has 0 radical (unpaired) electrons. The van der Waals surface area contributed by atoms with E-state index in [0.717, 1.165) is 56.6 Å². The molecular weight excluding hydrogens is 404 g/mol. The predicted octanol–water partition coefficient (Wildman–Crippen LogP) is 3.53. The maximum atomic E-state index is 5.45. The Kier molecular flexibility index (Phi) is 9.34. The van der Waals surface area contributed by atoms with E-state index >= 15 is 0 Å². The van der Waals surface area contributed by atoms with Crippen molar-refractivity contribution in [2.24, 2.45) is 4.99 Å². The van der Waals surface area contributed by atoms with Gasteiger partial charge in [0.1, 0.15) is 5.75 Å². The van der Waals surface area contributed by atoms with E-state index in [1.807, 2.05) is 6.07 Å². The molecule has 1 unspecified atom stereocenters. The highest BCUT2D eigenvalue weighted by Gasteiger charge is 2.23. The zero-order valence-corrected chi connectivity index (χ0v) is 19.9. The lowest BCUT2D eigenvalue weighted by molar-refractivity contribution is 0.251. The maximum Gasteiger partial charge on any atom is 0.226 e. The van der Waals surface area contributed by atoms with Crippen molar-refractivity contribution >= 4 is 5.96 Å². The van der Waals surface area contributed by atoms with E-state index in [0.29, 0.717) is 12.4 Å². The second kappa shape index (κ2) is 12.4. The summed E-state index contributed by atoms with van der Waals surface area (Å²) >= 11 is 0. The van der Waals surface area contributed by atoms with Crippen molar-refractivity contribution in [3.05, 3.63) is 41.5 Å². The lowest BCUT2D eigenvalue weighted by atomic mass is 10.1. The Morgan fingerprint density at radius 1 is 1.25 bits per heavy atom. The van der Waals surface area contributed by atoms with Crippen molar-refractivity contribution in [2.75, 3.05) is 39.8 Å². The van der Waals surface area contributed by atoms with E-state index in [2.05, 4.69) is 64.6 Å². The van der Waals surface area contributed by atoms with Crippen LogP contribution >= 0.6 is 0 Å². The summed E-state index contributed by atoms with van der Waals surface area (Å²) in [6.07, 6.45) is 4.15. The fourth-order valence-electron chi connectivity index (χ4n) is 3.90. The SMILES string of the molecule is CCNC(=NCC(c1cccc(OC)c1)N1CCCC1)NCCCc1nc(C(C)C)no1.